The van der Waals surface area contributed by atoms with E-state index in [4.69, 9.17) is 4.74 Å². The van der Waals surface area contributed by atoms with Gasteiger partial charge >= 0.3 is 0 Å². The minimum absolute atomic E-state index is 0.855. The highest BCUT2D eigenvalue weighted by atomic mass is 16.5. The van der Waals surface area contributed by atoms with E-state index in [2.05, 4.69) is 13.2 Å². The zero-order valence-electron chi connectivity index (χ0n) is 11.1. The molecule has 0 N–H and O–H groups in total. The van der Waals surface area contributed by atoms with Crippen LogP contribution in [0.5, 0.6) is 5.75 Å². The van der Waals surface area contributed by atoms with Crippen LogP contribution in [0.4, 0.5) is 0 Å². The highest BCUT2D eigenvalue weighted by molar-refractivity contribution is 5.32. The van der Waals surface area contributed by atoms with Crippen LogP contribution < -0.4 is 4.74 Å². The van der Waals surface area contributed by atoms with Crippen LogP contribution in [0.15, 0.2) is 61.2 Å². The van der Waals surface area contributed by atoms with E-state index in [0.29, 0.717) is 0 Å². The fraction of sp³-hybridized carbons (Fsp3) is 0.250. The van der Waals surface area contributed by atoms with Gasteiger partial charge in [0.1, 0.15) is 5.75 Å². The monoisotopic (exact) mass is 230 g/mol. The molecule has 0 radical (unpaired) electrons. The van der Waals surface area contributed by atoms with Gasteiger partial charge in [-0.1, -0.05) is 62.9 Å². The van der Waals surface area contributed by atoms with E-state index in [-0.39, 0.29) is 0 Å². The van der Waals surface area contributed by atoms with Crippen LogP contribution in [0.3, 0.4) is 0 Å². The molecule has 0 atom stereocenters. The molecule has 92 valence electrons. The average molecular weight is 230 g/mol. The second kappa shape index (κ2) is 9.46. The molecule has 0 bridgehead atoms. The Labute approximate surface area is 105 Å². The summed E-state index contributed by atoms with van der Waals surface area (Å²) in [6, 6.07) is 8.01. The van der Waals surface area contributed by atoms with Crippen LogP contribution in [-0.2, 0) is 6.42 Å². The van der Waals surface area contributed by atoms with Crippen molar-refractivity contribution in [1.29, 1.82) is 0 Å². The lowest BCUT2D eigenvalue weighted by Gasteiger charge is -2.03. The van der Waals surface area contributed by atoms with E-state index >= 15 is 0 Å². The van der Waals surface area contributed by atoms with Gasteiger partial charge in [0.05, 0.1) is 7.11 Å². The molecule has 0 unspecified atom stereocenters. The smallest absolute Gasteiger partial charge is 0.118 e. The summed E-state index contributed by atoms with van der Waals surface area (Å²) in [6.45, 7) is 11.6. The standard InChI is InChI=1S/C14H16O.C2H6/c1-4-5-6-12(2)11-13-7-9-14(15-3)10-8-13;1-2/h4-10H,1-2,11H2,3H3;1-2H3/b6-5-;. The van der Waals surface area contributed by atoms with E-state index in [1.54, 1.807) is 13.2 Å². The topological polar surface area (TPSA) is 9.23 Å². The van der Waals surface area contributed by atoms with Crippen molar-refractivity contribution in [3.8, 4) is 5.75 Å². The average Bonchev–Trinajstić information content (AvgIpc) is 2.39. The third-order valence-corrected chi connectivity index (χ3v) is 2.06. The molecule has 0 amide bonds. The Morgan fingerprint density at radius 3 is 2.29 bits per heavy atom. The van der Waals surface area contributed by atoms with E-state index < -0.39 is 0 Å². The van der Waals surface area contributed by atoms with Gasteiger partial charge in [-0.2, -0.15) is 0 Å². The van der Waals surface area contributed by atoms with Crippen LogP contribution >= 0.6 is 0 Å². The Morgan fingerprint density at radius 2 is 1.82 bits per heavy atom. The first-order valence-electron chi connectivity index (χ1n) is 5.86. The van der Waals surface area contributed by atoms with Crippen LogP contribution in [0.2, 0.25) is 0 Å². The highest BCUT2D eigenvalue weighted by Crippen LogP contribution is 2.14. The normalized spacial score (nSPS) is 9.35. The maximum Gasteiger partial charge on any atom is 0.118 e. The molecule has 1 aromatic carbocycles. The fourth-order valence-electron chi connectivity index (χ4n) is 1.27. The summed E-state index contributed by atoms with van der Waals surface area (Å²) in [4.78, 5) is 0. The number of ether oxygens (including phenoxy) is 1. The second-order valence-electron chi connectivity index (χ2n) is 3.28. The lowest BCUT2D eigenvalue weighted by molar-refractivity contribution is 0.414. The first-order valence-corrected chi connectivity index (χ1v) is 5.86. The first-order chi connectivity index (χ1) is 8.26. The van der Waals surface area contributed by atoms with E-state index in [1.165, 1.54) is 5.56 Å². The van der Waals surface area contributed by atoms with Crippen molar-refractivity contribution in [1.82, 2.24) is 0 Å². The predicted molar refractivity (Wildman–Crippen MR) is 76.5 cm³/mol. The van der Waals surface area contributed by atoms with Crippen LogP contribution in [0, 0.1) is 0 Å². The van der Waals surface area contributed by atoms with Crippen molar-refractivity contribution in [2.24, 2.45) is 0 Å². The van der Waals surface area contributed by atoms with Gasteiger partial charge in [-0.15, -0.1) is 0 Å². The van der Waals surface area contributed by atoms with Gasteiger partial charge in [0.2, 0.25) is 0 Å². The summed E-state index contributed by atoms with van der Waals surface area (Å²) in [5.74, 6) is 0.881. The van der Waals surface area contributed by atoms with Crippen molar-refractivity contribution in [3.05, 3.63) is 66.8 Å². The predicted octanol–water partition coefficient (Wildman–Crippen LogP) is 4.56. The maximum atomic E-state index is 5.09. The molecule has 0 aromatic heterocycles. The molecule has 0 aliphatic heterocycles. The molecule has 0 saturated carbocycles. The van der Waals surface area contributed by atoms with Crippen molar-refractivity contribution in [3.63, 3.8) is 0 Å². The van der Waals surface area contributed by atoms with Crippen molar-refractivity contribution < 1.29 is 4.74 Å². The molecular formula is C16H22O. The molecule has 1 nitrogen and oxygen atoms in total. The minimum Gasteiger partial charge on any atom is -0.497 e. The number of hydrogen-bond donors (Lipinski definition) is 0. The maximum absolute atomic E-state index is 5.09. The number of rotatable bonds is 5. The van der Waals surface area contributed by atoms with Gasteiger partial charge in [0.15, 0.2) is 0 Å². The molecule has 1 rings (SSSR count). The summed E-state index contributed by atoms with van der Waals surface area (Å²) >= 11 is 0. The summed E-state index contributed by atoms with van der Waals surface area (Å²) < 4.78 is 5.09. The third kappa shape index (κ3) is 6.41. The largest absolute Gasteiger partial charge is 0.497 e. The molecule has 0 aliphatic rings. The molecule has 0 spiro atoms. The fourth-order valence-corrected chi connectivity index (χ4v) is 1.27. The molecule has 1 heteroatoms. The Balaban J connectivity index is 0.00000121. The highest BCUT2D eigenvalue weighted by Gasteiger charge is 1.95. The van der Waals surface area contributed by atoms with Gasteiger partial charge in [-0.25, -0.2) is 0 Å². The molecule has 0 heterocycles. The third-order valence-electron chi connectivity index (χ3n) is 2.06. The Hall–Kier alpha value is -1.76. The molecule has 17 heavy (non-hydrogen) atoms. The number of hydrogen-bond acceptors (Lipinski definition) is 1. The molecular weight excluding hydrogens is 208 g/mol. The summed E-state index contributed by atoms with van der Waals surface area (Å²) in [7, 11) is 1.67. The minimum atomic E-state index is 0.855. The van der Waals surface area contributed by atoms with E-state index in [1.807, 2.05) is 50.3 Å². The van der Waals surface area contributed by atoms with Crippen LogP contribution in [0.25, 0.3) is 0 Å². The zero-order chi connectivity index (χ0) is 13.1. The quantitative estimate of drug-likeness (QED) is 0.674. The van der Waals surface area contributed by atoms with E-state index in [9.17, 15) is 0 Å². The Morgan fingerprint density at radius 1 is 1.24 bits per heavy atom. The summed E-state index contributed by atoms with van der Waals surface area (Å²) in [5.41, 5.74) is 2.30. The molecule has 0 saturated heterocycles. The second-order valence-corrected chi connectivity index (χ2v) is 3.28. The Kier molecular flexibility index (Phi) is 8.48. The van der Waals surface area contributed by atoms with Gasteiger partial charge in [0, 0.05) is 0 Å². The number of allylic oxidation sites excluding steroid dienone is 4. The van der Waals surface area contributed by atoms with Crippen molar-refractivity contribution in [2.45, 2.75) is 20.3 Å². The molecule has 0 aliphatic carbocycles. The van der Waals surface area contributed by atoms with Gasteiger partial charge < -0.3 is 4.74 Å². The van der Waals surface area contributed by atoms with Crippen LogP contribution in [-0.4, -0.2) is 7.11 Å². The van der Waals surface area contributed by atoms with Crippen LogP contribution in [0.1, 0.15) is 19.4 Å². The summed E-state index contributed by atoms with van der Waals surface area (Å²) in [5, 5.41) is 0. The first kappa shape index (κ1) is 15.2. The zero-order valence-corrected chi connectivity index (χ0v) is 11.1. The van der Waals surface area contributed by atoms with E-state index in [0.717, 1.165) is 17.7 Å². The van der Waals surface area contributed by atoms with Crippen molar-refractivity contribution in [2.75, 3.05) is 7.11 Å². The van der Waals surface area contributed by atoms with Crippen molar-refractivity contribution >= 4 is 0 Å². The number of methoxy groups -OCH3 is 1. The lowest BCUT2D eigenvalue weighted by atomic mass is 10.1. The Bertz CT molecular complexity index is 358. The van der Waals surface area contributed by atoms with Gasteiger partial charge in [-0.05, 0) is 24.1 Å². The lowest BCUT2D eigenvalue weighted by Crippen LogP contribution is -1.87. The number of benzene rings is 1. The van der Waals surface area contributed by atoms with Gasteiger partial charge in [-0.3, -0.25) is 0 Å². The summed E-state index contributed by atoms with van der Waals surface area (Å²) in [6.07, 6.45) is 6.47. The van der Waals surface area contributed by atoms with Gasteiger partial charge in [0.25, 0.3) is 0 Å². The SMILES string of the molecule is C=C/C=C\C(=C)Cc1ccc(OC)cc1.CC. The molecule has 1 aromatic rings. The molecule has 0 fully saturated rings.